The Morgan fingerprint density at radius 3 is 2.71 bits per heavy atom. The fraction of sp³-hybridized carbons (Fsp3) is 0.611. The Kier molecular flexibility index (Phi) is 9.76. The van der Waals surface area contributed by atoms with Crippen LogP contribution in [0.5, 0.6) is 5.75 Å². The van der Waals surface area contributed by atoms with Crippen molar-refractivity contribution >= 4 is 18.3 Å². The van der Waals surface area contributed by atoms with E-state index in [4.69, 9.17) is 15.2 Å². The van der Waals surface area contributed by atoms with Crippen molar-refractivity contribution in [3.05, 3.63) is 30.3 Å². The van der Waals surface area contributed by atoms with Gasteiger partial charge in [0, 0.05) is 18.6 Å². The van der Waals surface area contributed by atoms with Gasteiger partial charge in [0.1, 0.15) is 12.4 Å². The summed E-state index contributed by atoms with van der Waals surface area (Å²) < 4.78 is 11.4. The zero-order valence-electron chi connectivity index (χ0n) is 14.3. The summed E-state index contributed by atoms with van der Waals surface area (Å²) in [5.74, 6) is 0.894. The maximum absolute atomic E-state index is 12.3. The van der Waals surface area contributed by atoms with Gasteiger partial charge in [-0.05, 0) is 37.8 Å². The van der Waals surface area contributed by atoms with Gasteiger partial charge in [0.2, 0.25) is 5.91 Å². The Labute approximate surface area is 150 Å². The summed E-state index contributed by atoms with van der Waals surface area (Å²) >= 11 is 0. The minimum absolute atomic E-state index is 0. The summed E-state index contributed by atoms with van der Waals surface area (Å²) in [6, 6.07) is 9.65. The van der Waals surface area contributed by atoms with E-state index in [2.05, 4.69) is 12.2 Å². The number of nitrogens with one attached hydrogen (secondary N) is 1. The summed E-state index contributed by atoms with van der Waals surface area (Å²) in [6.07, 6.45) is 3.36. The summed E-state index contributed by atoms with van der Waals surface area (Å²) in [5.41, 5.74) is 6.09. The average Bonchev–Trinajstić information content (AvgIpc) is 2.58. The van der Waals surface area contributed by atoms with E-state index in [1.165, 1.54) is 0 Å². The van der Waals surface area contributed by atoms with Crippen LogP contribution >= 0.6 is 12.4 Å². The lowest BCUT2D eigenvalue weighted by Crippen LogP contribution is -2.46. The van der Waals surface area contributed by atoms with Crippen LogP contribution in [0, 0.1) is 5.92 Å². The second-order valence-corrected chi connectivity index (χ2v) is 6.04. The summed E-state index contributed by atoms with van der Waals surface area (Å²) in [4.78, 5) is 12.3. The molecule has 0 radical (unpaired) electrons. The first-order valence-electron chi connectivity index (χ1n) is 8.53. The first kappa shape index (κ1) is 20.7. The number of hydrogen-bond acceptors (Lipinski definition) is 4. The number of rotatable bonds is 8. The molecular formula is C18H29ClN2O3. The van der Waals surface area contributed by atoms with Crippen molar-refractivity contribution in [2.24, 2.45) is 11.7 Å². The van der Waals surface area contributed by atoms with E-state index in [0.717, 1.165) is 25.0 Å². The molecule has 2 rings (SSSR count). The number of para-hydroxylation sites is 1. The lowest BCUT2D eigenvalue weighted by atomic mass is 9.83. The standard InChI is InChI=1S/C18H28N2O3.ClH/c1-2-11-23-17-13-14(8-9-16(17)19)18(21)20-10-12-22-15-6-4-3-5-7-15;/h3-7,14,16-17H,2,8-13,19H2,1H3,(H,20,21);1H/t14-,16+,17+;/m0./s1. The molecule has 0 aliphatic heterocycles. The number of carbonyl (C=O) groups is 1. The van der Waals surface area contributed by atoms with Gasteiger partial charge in [-0.25, -0.2) is 0 Å². The van der Waals surface area contributed by atoms with Crippen molar-refractivity contribution in [2.45, 2.75) is 44.8 Å². The van der Waals surface area contributed by atoms with Gasteiger partial charge < -0.3 is 20.5 Å². The van der Waals surface area contributed by atoms with Crippen LogP contribution in [0.4, 0.5) is 0 Å². The fourth-order valence-electron chi connectivity index (χ4n) is 2.86. The van der Waals surface area contributed by atoms with Gasteiger partial charge in [0.25, 0.3) is 0 Å². The molecule has 1 aliphatic carbocycles. The summed E-state index contributed by atoms with van der Waals surface area (Å²) in [7, 11) is 0. The molecule has 6 heteroatoms. The molecule has 1 fully saturated rings. The van der Waals surface area contributed by atoms with Crippen LogP contribution in [0.2, 0.25) is 0 Å². The van der Waals surface area contributed by atoms with Crippen molar-refractivity contribution in [1.29, 1.82) is 0 Å². The Morgan fingerprint density at radius 1 is 1.25 bits per heavy atom. The Balaban J connectivity index is 0.00000288. The van der Waals surface area contributed by atoms with Crippen molar-refractivity contribution in [3.63, 3.8) is 0 Å². The minimum atomic E-state index is -0.00613. The highest BCUT2D eigenvalue weighted by molar-refractivity contribution is 5.85. The second-order valence-electron chi connectivity index (χ2n) is 6.04. The van der Waals surface area contributed by atoms with Crippen LogP contribution in [0.15, 0.2) is 30.3 Å². The molecule has 1 aliphatic rings. The summed E-state index contributed by atoms with van der Waals surface area (Å²) in [5, 5.41) is 2.95. The number of ether oxygens (including phenoxy) is 2. The highest BCUT2D eigenvalue weighted by Gasteiger charge is 2.32. The SMILES string of the molecule is CCCO[C@@H]1C[C@@H](C(=O)NCCOc2ccccc2)CC[C@H]1N.Cl. The number of carbonyl (C=O) groups excluding carboxylic acids is 1. The molecule has 5 nitrogen and oxygen atoms in total. The predicted octanol–water partition coefficient (Wildman–Crippen LogP) is 2.53. The predicted molar refractivity (Wildman–Crippen MR) is 97.5 cm³/mol. The maximum atomic E-state index is 12.3. The second kappa shape index (κ2) is 11.3. The summed E-state index contributed by atoms with van der Waals surface area (Å²) in [6.45, 7) is 3.76. The van der Waals surface area contributed by atoms with Crippen molar-refractivity contribution in [3.8, 4) is 5.75 Å². The van der Waals surface area contributed by atoms with Crippen molar-refractivity contribution in [1.82, 2.24) is 5.32 Å². The third kappa shape index (κ3) is 6.67. The highest BCUT2D eigenvalue weighted by Crippen LogP contribution is 2.26. The van der Waals surface area contributed by atoms with Gasteiger partial charge in [-0.1, -0.05) is 25.1 Å². The zero-order chi connectivity index (χ0) is 16.5. The third-order valence-corrected chi connectivity index (χ3v) is 4.16. The van der Waals surface area contributed by atoms with Crippen LogP contribution in [0.25, 0.3) is 0 Å². The molecule has 0 saturated heterocycles. The minimum Gasteiger partial charge on any atom is -0.492 e. The molecule has 24 heavy (non-hydrogen) atoms. The monoisotopic (exact) mass is 356 g/mol. The first-order valence-corrected chi connectivity index (χ1v) is 8.53. The Hall–Kier alpha value is -1.30. The molecule has 136 valence electrons. The van der Waals surface area contributed by atoms with Crippen LogP contribution < -0.4 is 15.8 Å². The largest absolute Gasteiger partial charge is 0.492 e. The number of halogens is 1. The molecule has 0 aromatic heterocycles. The van der Waals surface area contributed by atoms with Gasteiger partial charge >= 0.3 is 0 Å². The average molecular weight is 357 g/mol. The van der Waals surface area contributed by atoms with Gasteiger partial charge in [-0.15, -0.1) is 12.4 Å². The molecule has 1 saturated carbocycles. The van der Waals surface area contributed by atoms with Crippen LogP contribution in [0.1, 0.15) is 32.6 Å². The van der Waals surface area contributed by atoms with E-state index in [9.17, 15) is 4.79 Å². The number of benzene rings is 1. The van der Waals surface area contributed by atoms with Crippen LogP contribution in [-0.2, 0) is 9.53 Å². The molecule has 0 spiro atoms. The quantitative estimate of drug-likeness (QED) is 0.702. The molecule has 1 aromatic carbocycles. The van der Waals surface area contributed by atoms with E-state index < -0.39 is 0 Å². The normalized spacial score (nSPS) is 23.2. The molecule has 1 amide bonds. The van der Waals surface area contributed by atoms with Crippen molar-refractivity contribution in [2.75, 3.05) is 19.8 Å². The topological polar surface area (TPSA) is 73.6 Å². The lowest BCUT2D eigenvalue weighted by molar-refractivity contribution is -0.128. The first-order chi connectivity index (χ1) is 11.2. The number of amides is 1. The Bertz CT molecular complexity index is 473. The molecular weight excluding hydrogens is 328 g/mol. The number of hydrogen-bond donors (Lipinski definition) is 2. The van der Waals surface area contributed by atoms with E-state index >= 15 is 0 Å². The third-order valence-electron chi connectivity index (χ3n) is 4.16. The molecule has 3 N–H and O–H groups in total. The Morgan fingerprint density at radius 2 is 2.00 bits per heavy atom. The van der Waals surface area contributed by atoms with E-state index in [1.807, 2.05) is 30.3 Å². The maximum Gasteiger partial charge on any atom is 0.223 e. The molecule has 0 bridgehead atoms. The number of nitrogens with two attached hydrogens (primary N) is 1. The van der Waals surface area contributed by atoms with Gasteiger partial charge in [0.05, 0.1) is 12.6 Å². The van der Waals surface area contributed by atoms with Crippen molar-refractivity contribution < 1.29 is 14.3 Å². The molecule has 3 atom stereocenters. The fourth-order valence-corrected chi connectivity index (χ4v) is 2.86. The van der Waals surface area contributed by atoms with Gasteiger partial charge in [-0.2, -0.15) is 0 Å². The van der Waals surface area contributed by atoms with E-state index in [1.54, 1.807) is 0 Å². The smallest absolute Gasteiger partial charge is 0.223 e. The van der Waals surface area contributed by atoms with E-state index in [-0.39, 0.29) is 36.4 Å². The van der Waals surface area contributed by atoms with Gasteiger partial charge in [0.15, 0.2) is 0 Å². The van der Waals surface area contributed by atoms with Crippen LogP contribution in [-0.4, -0.2) is 37.8 Å². The molecule has 1 aromatic rings. The van der Waals surface area contributed by atoms with Crippen LogP contribution in [0.3, 0.4) is 0 Å². The highest BCUT2D eigenvalue weighted by atomic mass is 35.5. The zero-order valence-corrected chi connectivity index (χ0v) is 15.1. The molecule has 0 unspecified atom stereocenters. The lowest BCUT2D eigenvalue weighted by Gasteiger charge is -2.33. The molecule has 0 heterocycles. The van der Waals surface area contributed by atoms with Gasteiger partial charge in [-0.3, -0.25) is 4.79 Å². The van der Waals surface area contributed by atoms with E-state index in [0.29, 0.717) is 26.2 Å².